The molecule has 0 saturated heterocycles. The summed E-state index contributed by atoms with van der Waals surface area (Å²) < 4.78 is 32.5. The molecule has 1 unspecified atom stereocenters. The van der Waals surface area contributed by atoms with E-state index in [0.29, 0.717) is 25.7 Å². The van der Waals surface area contributed by atoms with Crippen LogP contribution in [0.1, 0.15) is 135 Å². The van der Waals surface area contributed by atoms with Gasteiger partial charge in [0, 0.05) is 19.4 Å². The van der Waals surface area contributed by atoms with Crippen LogP contribution in [0.3, 0.4) is 0 Å². The minimum Gasteiger partial charge on any atom is -0.462 e. The van der Waals surface area contributed by atoms with Gasteiger partial charge in [-0.1, -0.05) is 123 Å². The molecule has 0 aromatic heterocycles. The van der Waals surface area contributed by atoms with Gasteiger partial charge in [0.25, 0.3) is 0 Å². The normalized spacial score (nSPS) is 14.8. The third-order valence-electron chi connectivity index (χ3n) is 8.27. The minimum absolute atomic E-state index is 0.0854. The lowest BCUT2D eigenvalue weighted by Gasteiger charge is -2.20. The van der Waals surface area contributed by atoms with E-state index in [9.17, 15) is 24.2 Å². The summed E-state index contributed by atoms with van der Waals surface area (Å²) in [6.07, 6.45) is 48.3. The number of phosphoric acid groups is 1. The van der Waals surface area contributed by atoms with Gasteiger partial charge in [-0.3, -0.25) is 18.6 Å². The van der Waals surface area contributed by atoms with Crippen molar-refractivity contribution in [3.05, 3.63) is 97.2 Å². The highest BCUT2D eigenvalue weighted by Gasteiger charge is 2.27. The first-order valence-corrected chi connectivity index (χ1v) is 22.8. The maximum atomic E-state index is 12.6. The number of esters is 2. The molecule has 0 fully saturated rings. The number of hydrogen-bond acceptors (Lipinski definition) is 10. The van der Waals surface area contributed by atoms with Gasteiger partial charge in [0.15, 0.2) is 6.10 Å². The van der Waals surface area contributed by atoms with E-state index >= 15 is 0 Å². The maximum absolute atomic E-state index is 12.6. The Hall–Kier alpha value is -3.15. The number of hydrogen-bond donors (Lipinski definition) is 4. The molecular formula is C46H75O11P. The van der Waals surface area contributed by atoms with Gasteiger partial charge >= 0.3 is 19.8 Å². The highest BCUT2D eigenvalue weighted by molar-refractivity contribution is 7.47. The van der Waals surface area contributed by atoms with Gasteiger partial charge in [0.2, 0.25) is 0 Å². The van der Waals surface area contributed by atoms with Crippen LogP contribution in [0.2, 0.25) is 0 Å². The van der Waals surface area contributed by atoms with E-state index in [4.69, 9.17) is 24.2 Å². The van der Waals surface area contributed by atoms with Crippen LogP contribution in [0.4, 0.5) is 0 Å². The third kappa shape index (κ3) is 41.0. The highest BCUT2D eigenvalue weighted by atomic mass is 31.2. The summed E-state index contributed by atoms with van der Waals surface area (Å²) >= 11 is 0. The Morgan fingerprint density at radius 3 is 1.40 bits per heavy atom. The Morgan fingerprint density at radius 1 is 0.534 bits per heavy atom. The third-order valence-corrected chi connectivity index (χ3v) is 9.22. The van der Waals surface area contributed by atoms with Crippen LogP contribution in [-0.2, 0) is 32.7 Å². The van der Waals surface area contributed by atoms with Gasteiger partial charge in [-0.05, 0) is 96.3 Å². The standard InChI is InChI=1S/C46H75O11P/c1-2-3-4-5-6-7-8-9-10-12-16-19-22-25-28-31-34-37-46(51)57-44(42-56-58(52,53)55-40-43(49)39-48)41-54-45(50)36-33-30-27-24-21-18-15-13-11-14-17-20-23-26-29-32-35-38-47/h6-7,9-11,14-16,18-20,23-25,27-28,43-44,47-49H,2-5,8,12-13,17,21-22,26,29-42H2,1H3,(H,52,53)/b7-6-,10-9-,14-11-,18-15-,19-16-,23-20-,27-24-,28-25-/t43-,44+/m0/s1. The number of unbranched alkanes of at least 4 members (excludes halogenated alkanes) is 8. The summed E-state index contributed by atoms with van der Waals surface area (Å²) in [5, 5.41) is 27.1. The number of ether oxygens (including phenoxy) is 2. The van der Waals surface area contributed by atoms with Crippen molar-refractivity contribution in [2.45, 2.75) is 148 Å². The van der Waals surface area contributed by atoms with Crippen molar-refractivity contribution in [1.82, 2.24) is 0 Å². The average molecular weight is 835 g/mol. The number of carbonyl (C=O) groups excluding carboxylic acids is 2. The van der Waals surface area contributed by atoms with Crippen LogP contribution in [-0.4, -0.2) is 77.4 Å². The zero-order valence-corrected chi connectivity index (χ0v) is 36.1. The molecule has 0 bridgehead atoms. The lowest BCUT2D eigenvalue weighted by molar-refractivity contribution is -0.161. The van der Waals surface area contributed by atoms with Crippen molar-refractivity contribution < 1.29 is 52.9 Å². The largest absolute Gasteiger partial charge is 0.472 e. The molecular weight excluding hydrogens is 759 g/mol. The number of rotatable bonds is 39. The Balaban J connectivity index is 4.51. The first-order valence-electron chi connectivity index (χ1n) is 21.3. The van der Waals surface area contributed by atoms with Gasteiger partial charge in [-0.25, -0.2) is 4.57 Å². The fraction of sp³-hybridized carbons (Fsp3) is 0.609. The van der Waals surface area contributed by atoms with Crippen molar-refractivity contribution in [2.24, 2.45) is 0 Å². The van der Waals surface area contributed by atoms with E-state index in [1.165, 1.54) is 19.3 Å². The second kappa shape index (κ2) is 42.0. The summed E-state index contributed by atoms with van der Waals surface area (Å²) in [5.74, 6) is -1.08. The molecule has 4 N–H and O–H groups in total. The smallest absolute Gasteiger partial charge is 0.462 e. The molecule has 0 aliphatic carbocycles. The van der Waals surface area contributed by atoms with E-state index in [1.54, 1.807) is 0 Å². The van der Waals surface area contributed by atoms with Crippen LogP contribution in [0.25, 0.3) is 0 Å². The van der Waals surface area contributed by atoms with E-state index in [0.717, 1.165) is 70.6 Å². The summed E-state index contributed by atoms with van der Waals surface area (Å²) in [5.41, 5.74) is 0. The van der Waals surface area contributed by atoms with Crippen LogP contribution in [0.5, 0.6) is 0 Å². The maximum Gasteiger partial charge on any atom is 0.472 e. The Bertz CT molecular complexity index is 1280. The predicted octanol–water partition coefficient (Wildman–Crippen LogP) is 10.2. The van der Waals surface area contributed by atoms with Crippen molar-refractivity contribution in [1.29, 1.82) is 0 Å². The highest BCUT2D eigenvalue weighted by Crippen LogP contribution is 2.43. The zero-order chi connectivity index (χ0) is 42.6. The lowest BCUT2D eigenvalue weighted by Crippen LogP contribution is -2.29. The molecule has 0 saturated carbocycles. The summed E-state index contributed by atoms with van der Waals surface area (Å²) in [4.78, 5) is 34.9. The molecule has 11 nitrogen and oxygen atoms in total. The van der Waals surface area contributed by atoms with E-state index in [1.807, 2.05) is 24.3 Å². The molecule has 0 aromatic rings. The van der Waals surface area contributed by atoms with E-state index in [-0.39, 0.29) is 26.1 Å². The van der Waals surface area contributed by atoms with Crippen molar-refractivity contribution in [3.63, 3.8) is 0 Å². The second-order valence-electron chi connectivity index (χ2n) is 13.7. The van der Waals surface area contributed by atoms with Gasteiger partial charge < -0.3 is 29.7 Å². The van der Waals surface area contributed by atoms with E-state index in [2.05, 4.69) is 84.4 Å². The van der Waals surface area contributed by atoms with Gasteiger partial charge in [0.05, 0.1) is 19.8 Å². The topological polar surface area (TPSA) is 169 Å². The second-order valence-corrected chi connectivity index (χ2v) is 15.2. The number of carbonyl (C=O) groups is 2. The number of phosphoric ester groups is 1. The Labute approximate surface area is 349 Å². The number of aliphatic hydroxyl groups excluding tert-OH is 3. The SMILES string of the molecule is CCCCC/C=C\C/C=C\C/C=C\C/C=C\CCCC(=O)O[C@H](COC(=O)CCC/C=C\C/C=C\C/C=C\C/C=C\CCCCCO)COP(=O)(O)OC[C@@H](O)CO. The lowest BCUT2D eigenvalue weighted by atomic mass is 10.2. The van der Waals surface area contributed by atoms with Crippen LogP contribution < -0.4 is 0 Å². The fourth-order valence-electron chi connectivity index (χ4n) is 4.96. The first kappa shape index (κ1) is 54.9. The van der Waals surface area contributed by atoms with Gasteiger partial charge in [-0.15, -0.1) is 0 Å². The van der Waals surface area contributed by atoms with Gasteiger partial charge in [0.1, 0.15) is 12.7 Å². The number of aliphatic hydroxyl groups is 3. The fourth-order valence-corrected chi connectivity index (χ4v) is 5.75. The van der Waals surface area contributed by atoms with E-state index < -0.39 is 51.8 Å². The molecule has 0 radical (unpaired) electrons. The summed E-state index contributed by atoms with van der Waals surface area (Å²) in [6.45, 7) is 0.199. The Kier molecular flexibility index (Phi) is 39.7. The molecule has 12 heteroatoms. The van der Waals surface area contributed by atoms with Crippen molar-refractivity contribution in [3.8, 4) is 0 Å². The molecule has 3 atom stereocenters. The van der Waals surface area contributed by atoms with Crippen LogP contribution in [0.15, 0.2) is 97.2 Å². The molecule has 0 aromatic carbocycles. The zero-order valence-electron chi connectivity index (χ0n) is 35.2. The van der Waals surface area contributed by atoms with Crippen molar-refractivity contribution >= 4 is 19.8 Å². The molecule has 0 aliphatic rings. The predicted molar refractivity (Wildman–Crippen MR) is 234 cm³/mol. The van der Waals surface area contributed by atoms with Crippen molar-refractivity contribution in [2.75, 3.05) is 33.0 Å². The molecule has 0 amide bonds. The molecule has 0 rings (SSSR count). The van der Waals surface area contributed by atoms with Crippen LogP contribution in [0, 0.1) is 0 Å². The first-order chi connectivity index (χ1) is 28.2. The molecule has 0 spiro atoms. The molecule has 330 valence electrons. The minimum atomic E-state index is -4.66. The molecule has 0 heterocycles. The average Bonchev–Trinajstić information content (AvgIpc) is 3.21. The monoisotopic (exact) mass is 835 g/mol. The molecule has 0 aliphatic heterocycles. The van der Waals surface area contributed by atoms with Gasteiger partial charge in [-0.2, -0.15) is 0 Å². The number of allylic oxidation sites excluding steroid dienone is 16. The quantitative estimate of drug-likeness (QED) is 0.0201. The Morgan fingerprint density at radius 2 is 0.948 bits per heavy atom. The molecule has 58 heavy (non-hydrogen) atoms. The van der Waals surface area contributed by atoms with Crippen LogP contribution >= 0.6 is 7.82 Å². The summed E-state index contributed by atoms with van der Waals surface area (Å²) in [7, 11) is -4.66. The summed E-state index contributed by atoms with van der Waals surface area (Å²) in [6, 6.07) is 0.